The van der Waals surface area contributed by atoms with Crippen molar-refractivity contribution in [1.82, 2.24) is 5.01 Å². The summed E-state index contributed by atoms with van der Waals surface area (Å²) in [4.78, 5) is 0.617. The van der Waals surface area contributed by atoms with Gasteiger partial charge < -0.3 is 9.94 Å². The van der Waals surface area contributed by atoms with Crippen LogP contribution < -0.4 is 4.74 Å². The van der Waals surface area contributed by atoms with Crippen LogP contribution in [0.15, 0.2) is 29.5 Å². The van der Waals surface area contributed by atoms with Gasteiger partial charge in [0.15, 0.2) is 5.69 Å². The summed E-state index contributed by atoms with van der Waals surface area (Å²) >= 11 is 0. The Balaban J connectivity index is 2.82. The predicted octanol–water partition coefficient (Wildman–Crippen LogP) is 2.55. The van der Waals surface area contributed by atoms with Gasteiger partial charge in [0.05, 0.1) is 12.3 Å². The van der Waals surface area contributed by atoms with Gasteiger partial charge in [0, 0.05) is 0 Å². The molecular weight excluding hydrogens is 206 g/mol. The lowest BCUT2D eigenvalue weighted by Crippen LogP contribution is -2.18. The highest BCUT2D eigenvalue weighted by atomic mass is 16.5. The molecule has 0 amide bonds. The molecule has 88 valence electrons. The van der Waals surface area contributed by atoms with Crippen LogP contribution in [0.1, 0.15) is 13.8 Å². The van der Waals surface area contributed by atoms with Crippen molar-refractivity contribution in [1.29, 1.82) is 0 Å². The summed E-state index contributed by atoms with van der Waals surface area (Å²) in [7, 11) is 1.59. The molecule has 0 atom stereocenters. The second-order valence-corrected chi connectivity index (χ2v) is 3.20. The van der Waals surface area contributed by atoms with Crippen LogP contribution >= 0.6 is 0 Å². The molecule has 0 saturated heterocycles. The molecule has 1 rings (SSSR count). The molecule has 0 bridgehead atoms. The normalized spacial score (nSPS) is 11.3. The van der Waals surface area contributed by atoms with Gasteiger partial charge >= 0.3 is 0 Å². The van der Waals surface area contributed by atoms with Crippen LogP contribution in [0.2, 0.25) is 0 Å². The van der Waals surface area contributed by atoms with Crippen molar-refractivity contribution in [3.8, 4) is 5.75 Å². The summed E-state index contributed by atoms with van der Waals surface area (Å²) in [6, 6.07) is 6.83. The Hall–Kier alpha value is -1.78. The lowest BCUT2D eigenvalue weighted by atomic mass is 10.3. The third-order valence-electron chi connectivity index (χ3n) is 2.23. The van der Waals surface area contributed by atoms with E-state index in [1.807, 2.05) is 13.8 Å². The van der Waals surface area contributed by atoms with E-state index in [1.54, 1.807) is 36.4 Å². The first-order valence-corrected chi connectivity index (χ1v) is 5.29. The minimum atomic E-state index is 0.493. The number of hydrogen-bond acceptors (Lipinski definition) is 3. The monoisotopic (exact) mass is 223 g/mol. The van der Waals surface area contributed by atoms with E-state index in [-0.39, 0.29) is 0 Å². The summed E-state index contributed by atoms with van der Waals surface area (Å²) < 4.78 is 5.01. The number of methoxy groups -OCH3 is 1. The van der Waals surface area contributed by atoms with Crippen LogP contribution in [-0.4, -0.2) is 30.1 Å². The Morgan fingerprint density at radius 3 is 2.25 bits per heavy atom. The van der Waals surface area contributed by atoms with E-state index in [2.05, 4.69) is 5.22 Å². The fourth-order valence-corrected chi connectivity index (χ4v) is 1.23. The quantitative estimate of drug-likeness (QED) is 0.438. The second-order valence-electron chi connectivity index (χ2n) is 3.20. The summed E-state index contributed by atoms with van der Waals surface area (Å²) in [5, 5.41) is 17.2. The van der Waals surface area contributed by atoms with Gasteiger partial charge in [-0.1, -0.05) is 0 Å². The van der Waals surface area contributed by atoms with Gasteiger partial charge in [0.2, 0.25) is 0 Å². The lowest BCUT2D eigenvalue weighted by molar-refractivity contribution is -0.461. The minimum Gasteiger partial charge on any atom is -0.691 e. The first-order valence-electron chi connectivity index (χ1n) is 5.29. The molecule has 0 aliphatic heterocycles. The molecule has 5 heteroatoms. The molecule has 5 nitrogen and oxygen atoms in total. The Morgan fingerprint density at radius 1 is 1.25 bits per heavy atom. The first kappa shape index (κ1) is 12.3. The number of hydrogen-bond donors (Lipinski definition) is 0. The van der Waals surface area contributed by atoms with Gasteiger partial charge in [-0.05, 0) is 38.1 Å². The summed E-state index contributed by atoms with van der Waals surface area (Å²) in [6.07, 6.45) is 0. The summed E-state index contributed by atoms with van der Waals surface area (Å²) in [5.41, 5.74) is 0.493. The third kappa shape index (κ3) is 3.12. The maximum atomic E-state index is 11.6. The highest BCUT2D eigenvalue weighted by Gasteiger charge is 2.04. The summed E-state index contributed by atoms with van der Waals surface area (Å²) in [5.74, 6) is 0.722. The Bertz CT molecular complexity index is 345. The van der Waals surface area contributed by atoms with Crippen LogP contribution in [0, 0.1) is 5.21 Å². The van der Waals surface area contributed by atoms with Crippen molar-refractivity contribution < 1.29 is 9.60 Å². The Labute approximate surface area is 95.5 Å². The number of nitrogens with zero attached hydrogens (tertiary/aromatic N) is 3. The number of ether oxygens (including phenoxy) is 1. The molecule has 1 aromatic carbocycles. The largest absolute Gasteiger partial charge is 0.691 e. The topological polar surface area (TPSA) is 50.9 Å². The number of benzene rings is 1. The van der Waals surface area contributed by atoms with Crippen molar-refractivity contribution in [3.05, 3.63) is 29.5 Å². The number of rotatable bonds is 5. The molecule has 0 radical (unpaired) electrons. The lowest BCUT2D eigenvalue weighted by Gasteiger charge is -2.11. The highest BCUT2D eigenvalue weighted by molar-refractivity contribution is 5.35. The van der Waals surface area contributed by atoms with Gasteiger partial charge in [-0.15, -0.1) is 4.86 Å². The van der Waals surface area contributed by atoms with Crippen molar-refractivity contribution in [2.24, 2.45) is 5.22 Å². The standard InChI is InChI=1S/C11H17N3O2/c1-4-13(5-2)12-14(15)10-6-8-11(16-3)9-7-10/h6-9H,4-5H2,1-3H3/b14-12-. The van der Waals surface area contributed by atoms with Crippen LogP contribution in [0.5, 0.6) is 5.75 Å². The van der Waals surface area contributed by atoms with Gasteiger partial charge in [-0.3, -0.25) is 0 Å². The summed E-state index contributed by atoms with van der Waals surface area (Å²) in [6.45, 7) is 5.33. The van der Waals surface area contributed by atoms with E-state index in [0.717, 1.165) is 5.75 Å². The fraction of sp³-hybridized carbons (Fsp3) is 0.455. The van der Waals surface area contributed by atoms with Crippen molar-refractivity contribution in [2.75, 3.05) is 20.2 Å². The van der Waals surface area contributed by atoms with Crippen LogP contribution in [0.4, 0.5) is 5.69 Å². The molecule has 0 aliphatic rings. The van der Waals surface area contributed by atoms with Gasteiger partial charge in [-0.25, -0.2) is 0 Å². The maximum absolute atomic E-state index is 11.6. The smallest absolute Gasteiger partial charge is 0.154 e. The zero-order chi connectivity index (χ0) is 12.0. The van der Waals surface area contributed by atoms with Gasteiger partial charge in [0.1, 0.15) is 18.8 Å². The van der Waals surface area contributed by atoms with E-state index < -0.39 is 0 Å². The van der Waals surface area contributed by atoms with E-state index in [4.69, 9.17) is 4.74 Å². The van der Waals surface area contributed by atoms with Crippen LogP contribution in [0.3, 0.4) is 0 Å². The molecular formula is C11H17N3O2. The van der Waals surface area contributed by atoms with Gasteiger partial charge in [-0.2, -0.15) is 5.01 Å². The average molecular weight is 223 g/mol. The van der Waals surface area contributed by atoms with E-state index in [9.17, 15) is 5.21 Å². The fourth-order valence-electron chi connectivity index (χ4n) is 1.23. The zero-order valence-corrected chi connectivity index (χ0v) is 9.88. The molecule has 1 aromatic rings. The predicted molar refractivity (Wildman–Crippen MR) is 61.6 cm³/mol. The van der Waals surface area contributed by atoms with Crippen molar-refractivity contribution in [2.45, 2.75) is 13.8 Å². The van der Waals surface area contributed by atoms with E-state index in [0.29, 0.717) is 23.6 Å². The SMILES string of the molecule is CCN(CC)/N=[N+](\[O-])c1ccc(OC)cc1. The van der Waals surface area contributed by atoms with Crippen molar-refractivity contribution >= 4 is 5.69 Å². The molecule has 0 fully saturated rings. The zero-order valence-electron chi connectivity index (χ0n) is 9.88. The second kappa shape index (κ2) is 5.95. The highest BCUT2D eigenvalue weighted by Crippen LogP contribution is 2.17. The van der Waals surface area contributed by atoms with Crippen molar-refractivity contribution in [3.63, 3.8) is 0 Å². The maximum Gasteiger partial charge on any atom is 0.154 e. The van der Waals surface area contributed by atoms with Crippen LogP contribution in [0.25, 0.3) is 0 Å². The Kier molecular flexibility index (Phi) is 4.57. The van der Waals surface area contributed by atoms with E-state index in [1.165, 1.54) is 0 Å². The third-order valence-corrected chi connectivity index (χ3v) is 2.23. The molecule has 0 heterocycles. The Morgan fingerprint density at radius 2 is 1.81 bits per heavy atom. The molecule has 0 unspecified atom stereocenters. The van der Waals surface area contributed by atoms with Crippen LogP contribution in [-0.2, 0) is 0 Å². The average Bonchev–Trinajstić information content (AvgIpc) is 2.35. The molecule has 0 aliphatic carbocycles. The molecule has 0 saturated carbocycles. The van der Waals surface area contributed by atoms with Gasteiger partial charge in [0.25, 0.3) is 0 Å². The molecule has 0 aromatic heterocycles. The molecule has 0 spiro atoms. The molecule has 0 N–H and O–H groups in total. The minimum absolute atomic E-state index is 0.493. The first-order chi connectivity index (χ1) is 7.71. The van der Waals surface area contributed by atoms with E-state index >= 15 is 0 Å². The molecule has 16 heavy (non-hydrogen) atoms.